The van der Waals surface area contributed by atoms with E-state index < -0.39 is 75.4 Å². The van der Waals surface area contributed by atoms with Gasteiger partial charge < -0.3 is 46.8 Å². The van der Waals surface area contributed by atoms with Gasteiger partial charge in [-0.1, -0.05) is 26.8 Å². The van der Waals surface area contributed by atoms with Gasteiger partial charge in [-0.25, -0.2) is 34.6 Å². The predicted octanol–water partition coefficient (Wildman–Crippen LogP) is -2.61. The van der Waals surface area contributed by atoms with E-state index in [2.05, 4.69) is 0 Å². The first-order valence-electron chi connectivity index (χ1n) is 23.4. The van der Waals surface area contributed by atoms with Crippen LogP contribution in [0.1, 0.15) is 89.5 Å². The van der Waals surface area contributed by atoms with E-state index >= 15 is 0 Å². The Morgan fingerprint density at radius 2 is 1.41 bits per heavy atom. The molecule has 1 aromatic carbocycles. The molecule has 3 heterocycles. The fourth-order valence-electron chi connectivity index (χ4n) is 8.47. The van der Waals surface area contributed by atoms with Crippen molar-refractivity contribution in [3.8, 4) is 11.3 Å². The van der Waals surface area contributed by atoms with Gasteiger partial charge in [0, 0.05) is 79.3 Å². The van der Waals surface area contributed by atoms with Crippen molar-refractivity contribution in [2.45, 2.75) is 88.4 Å². The second kappa shape index (κ2) is 29.2. The van der Waals surface area contributed by atoms with Crippen LogP contribution in [0.3, 0.4) is 0 Å². The van der Waals surface area contributed by atoms with Crippen LogP contribution in [0.25, 0.3) is 17.4 Å². The van der Waals surface area contributed by atoms with E-state index in [1.165, 1.54) is 12.1 Å². The van der Waals surface area contributed by atoms with Crippen molar-refractivity contribution < 1.29 is 141 Å². The molecule has 398 valence electrons. The first-order valence-corrected chi connectivity index (χ1v) is 28.0. The Kier molecular flexibility index (Phi) is 25.8. The minimum Gasteiger partial charge on any atom is -0.748 e. The summed E-state index contributed by atoms with van der Waals surface area (Å²) >= 11 is 0. The second-order valence-electron chi connectivity index (χ2n) is 18.5. The average molecular weight is 1110 g/mol. The standard InChI is InChI=1S/C48H65N3O18S3.2Na/c1-47(2,3)39-33-36(68-42-32-35(13-15-38(39)42)49(20-8-30-70(55,56)57)22-23-65-26-27-67-29-28-66-25-24-64-5)10-6-11-43-48(4,19-7-12-46(54)69-51-44(52)17-18-45(51)53)40-34-37(72(61,62)63)14-16-41(40)50(43)21-9-31-71(58,59)60;;/h6,10-11,13-16,32-34H,7-9,12,17-31H2,1-5H3,(H2-,55,56,57,58,59,60,61,62,63);;/q;2*+1/p-2. The maximum Gasteiger partial charge on any atom is 1.00 e. The fourth-order valence-corrected chi connectivity index (χ4v) is 9.93. The number of benzene rings is 2. The molecular formula is C48H63N3Na2O18S3. The predicted molar refractivity (Wildman–Crippen MR) is 259 cm³/mol. The van der Waals surface area contributed by atoms with E-state index in [0.717, 1.165) is 17.2 Å². The van der Waals surface area contributed by atoms with Crippen LogP contribution >= 0.6 is 0 Å². The normalized spacial score (nSPS) is 17.3. The Balaban J connectivity index is 0.00000722. The first kappa shape index (κ1) is 65.4. The summed E-state index contributed by atoms with van der Waals surface area (Å²) in [5.74, 6) is -2.56. The largest absolute Gasteiger partial charge is 1.00 e. The van der Waals surface area contributed by atoms with Crippen molar-refractivity contribution in [1.82, 2.24) is 9.64 Å². The summed E-state index contributed by atoms with van der Waals surface area (Å²) in [7, 11) is -12.5. The minimum atomic E-state index is -4.96. The number of carbonyl (C=O) groups excluding carboxylic acids is 3. The molecule has 21 nitrogen and oxygen atoms in total. The average Bonchev–Trinajstić information content (AvgIpc) is 3.72. The number of amides is 2. The first-order chi connectivity index (χ1) is 33.8. The molecule has 0 radical (unpaired) electrons. The zero-order chi connectivity index (χ0) is 52.9. The third-order valence-electron chi connectivity index (χ3n) is 12.0. The number of hydrogen-bond donors (Lipinski definition) is 0. The van der Waals surface area contributed by atoms with Crippen molar-refractivity contribution in [2.24, 2.45) is 0 Å². The van der Waals surface area contributed by atoms with Gasteiger partial charge in [-0.15, -0.1) is 5.06 Å². The van der Waals surface area contributed by atoms with Gasteiger partial charge in [-0.3, -0.25) is 9.59 Å². The van der Waals surface area contributed by atoms with Gasteiger partial charge in [0.05, 0.1) is 70.8 Å². The number of carbonyl (C=O) groups is 3. The molecule has 0 spiro atoms. The molecule has 5 rings (SSSR count). The summed E-state index contributed by atoms with van der Waals surface area (Å²) in [6, 6.07) is 11.3. The van der Waals surface area contributed by atoms with Crippen LogP contribution in [-0.2, 0) is 79.4 Å². The molecule has 1 saturated heterocycles. The molecule has 1 aliphatic carbocycles. The van der Waals surface area contributed by atoms with E-state index in [0.29, 0.717) is 85.1 Å². The van der Waals surface area contributed by atoms with Crippen LogP contribution in [0.5, 0.6) is 0 Å². The molecule has 1 aromatic rings. The summed E-state index contributed by atoms with van der Waals surface area (Å²) in [5.41, 5.74) is 1.43. The van der Waals surface area contributed by atoms with Crippen molar-refractivity contribution in [3.05, 3.63) is 82.6 Å². The number of rotatable bonds is 28. The van der Waals surface area contributed by atoms with Crippen LogP contribution in [0, 0.1) is 0 Å². The van der Waals surface area contributed by atoms with Gasteiger partial charge in [0.25, 0.3) is 11.8 Å². The van der Waals surface area contributed by atoms with Crippen LogP contribution in [0.2, 0.25) is 0 Å². The van der Waals surface area contributed by atoms with Crippen molar-refractivity contribution in [1.29, 1.82) is 0 Å². The number of anilines is 1. The molecule has 0 aromatic heterocycles. The fraction of sp³-hybridized carbons (Fsp3) is 0.542. The Bertz CT molecular complexity index is 2850. The third-order valence-corrected chi connectivity index (χ3v) is 14.4. The zero-order valence-corrected chi connectivity index (χ0v) is 49.6. The number of hydrogen-bond acceptors (Lipinski definition) is 19. The van der Waals surface area contributed by atoms with Crippen LogP contribution in [0.15, 0.2) is 69.6 Å². The number of ether oxygens (including phenoxy) is 4. The summed E-state index contributed by atoms with van der Waals surface area (Å²) in [5, 5.41) is 1.11. The number of imide groups is 1. The smallest absolute Gasteiger partial charge is 0.748 e. The van der Waals surface area contributed by atoms with Gasteiger partial charge in [0.1, 0.15) is 34.8 Å². The Morgan fingerprint density at radius 3 is 2.00 bits per heavy atom. The van der Waals surface area contributed by atoms with E-state index in [4.69, 9.17) is 28.2 Å². The third kappa shape index (κ3) is 19.5. The molecule has 1 atom stereocenters. The molecule has 74 heavy (non-hydrogen) atoms. The van der Waals surface area contributed by atoms with E-state index in [1.807, 2.05) is 49.6 Å². The Hall–Kier alpha value is -2.89. The quantitative estimate of drug-likeness (QED) is 0.0237. The molecule has 2 amide bonds. The molecule has 0 bridgehead atoms. The van der Waals surface area contributed by atoms with Gasteiger partial charge in [0.15, 0.2) is 6.54 Å². The number of hydroxylamine groups is 2. The number of allylic oxidation sites excluding steroid dienone is 3. The molecule has 4 aliphatic rings. The topological polar surface area (TPSA) is 292 Å². The molecule has 0 saturated carbocycles. The maximum atomic E-state index is 12.9. The van der Waals surface area contributed by atoms with Crippen molar-refractivity contribution >= 4 is 59.9 Å². The molecule has 26 heteroatoms. The summed E-state index contributed by atoms with van der Waals surface area (Å²) in [6.45, 7) is 11.0. The van der Waals surface area contributed by atoms with Crippen molar-refractivity contribution in [2.75, 3.05) is 89.4 Å². The van der Waals surface area contributed by atoms with Crippen LogP contribution in [0.4, 0.5) is 5.69 Å². The summed E-state index contributed by atoms with van der Waals surface area (Å²) < 4.78 is 137. The maximum absolute atomic E-state index is 12.9. The monoisotopic (exact) mass is 1110 g/mol. The second-order valence-corrected chi connectivity index (χ2v) is 22.9. The number of nitrogens with zero attached hydrogens (tertiary/aromatic N) is 3. The van der Waals surface area contributed by atoms with Crippen LogP contribution in [-0.4, -0.2) is 146 Å². The van der Waals surface area contributed by atoms with E-state index in [1.54, 1.807) is 37.2 Å². The Labute approximate surface area is 477 Å². The summed E-state index contributed by atoms with van der Waals surface area (Å²) in [4.78, 5) is 43.4. The van der Waals surface area contributed by atoms with Gasteiger partial charge in [-0.05, 0) is 85.2 Å². The molecule has 1 fully saturated rings. The molecular weight excluding hydrogens is 1050 g/mol. The zero-order valence-electron chi connectivity index (χ0n) is 43.1. The number of fused-ring (bicyclic) bond motifs is 2. The molecule has 0 N–H and O–H groups in total. The molecule has 3 aliphatic heterocycles. The number of methoxy groups -OCH3 is 1. The van der Waals surface area contributed by atoms with Gasteiger partial charge >= 0.3 is 65.1 Å². The van der Waals surface area contributed by atoms with Crippen molar-refractivity contribution in [3.63, 3.8) is 0 Å². The Morgan fingerprint density at radius 1 is 0.797 bits per heavy atom. The van der Waals surface area contributed by atoms with Crippen LogP contribution < -0.4 is 73.9 Å². The van der Waals surface area contributed by atoms with Gasteiger partial charge in [-0.2, -0.15) is 0 Å². The van der Waals surface area contributed by atoms with E-state index in [9.17, 15) is 53.3 Å². The summed E-state index contributed by atoms with van der Waals surface area (Å²) in [6.07, 6.45) is 4.74. The SMILES string of the molecule is COCCOCCOCCOCC[N+](CCCS(=O)(=O)[O-])=c1ccc2c(C(C)(C)C)cc(/C=C/C=C3/N(CCCS(=O)(=O)[O-])c4ccc(S(=O)(=O)[O-])cc4C3(C)CCCC(=O)ON3C(=O)CCC3=O)oc-2c1.[Na+].[Na+]. The van der Waals surface area contributed by atoms with E-state index in [-0.39, 0.29) is 124 Å². The molecule has 1 unspecified atom stereocenters. The van der Waals surface area contributed by atoms with Gasteiger partial charge in [0.2, 0.25) is 5.36 Å². The minimum absolute atomic E-state index is 0.